The second-order valence-corrected chi connectivity index (χ2v) is 10.8. The third-order valence-electron chi connectivity index (χ3n) is 5.92. The van der Waals surface area contributed by atoms with Crippen LogP contribution in [0, 0.1) is 5.82 Å². The van der Waals surface area contributed by atoms with Gasteiger partial charge in [0.1, 0.15) is 23.5 Å². The number of benzene rings is 1. The van der Waals surface area contributed by atoms with E-state index in [1.807, 2.05) is 4.90 Å². The summed E-state index contributed by atoms with van der Waals surface area (Å²) in [7, 11) is -3.68. The minimum atomic E-state index is -3.68. The number of hydrogen-bond donors (Lipinski definition) is 3. The monoisotopic (exact) mass is 558 g/mol. The number of rotatable bonds is 8. The molecule has 3 aromatic heterocycles. The van der Waals surface area contributed by atoms with E-state index in [0.717, 1.165) is 0 Å². The second kappa shape index (κ2) is 11.0. The van der Waals surface area contributed by atoms with E-state index >= 15 is 0 Å². The van der Waals surface area contributed by atoms with E-state index in [9.17, 15) is 12.8 Å². The molecule has 4 heterocycles. The molecular formula is C24H24ClFN8O3S. The first kappa shape index (κ1) is 26.0. The molecule has 5 rings (SSSR count). The minimum Gasteiger partial charge on any atom is -0.382 e. The van der Waals surface area contributed by atoms with Crippen molar-refractivity contribution < 1.29 is 17.5 Å². The van der Waals surface area contributed by atoms with Gasteiger partial charge in [0.15, 0.2) is 5.82 Å². The average molecular weight is 559 g/mol. The van der Waals surface area contributed by atoms with Crippen LogP contribution in [-0.2, 0) is 14.8 Å². The maximum Gasteiger partial charge on any atom is 0.234 e. The summed E-state index contributed by atoms with van der Waals surface area (Å²) < 4.78 is 46.9. The van der Waals surface area contributed by atoms with Crippen molar-refractivity contribution in [1.29, 1.82) is 0 Å². The van der Waals surface area contributed by atoms with Crippen LogP contribution in [0.25, 0.3) is 22.3 Å². The molecule has 198 valence electrons. The number of nitrogens with zero attached hydrogens (tertiary/aromatic N) is 5. The number of nitrogen functional groups attached to an aromatic ring is 1. The van der Waals surface area contributed by atoms with Crippen LogP contribution in [-0.4, -0.2) is 71.9 Å². The zero-order valence-electron chi connectivity index (χ0n) is 20.1. The summed E-state index contributed by atoms with van der Waals surface area (Å²) >= 11 is 5.90. The van der Waals surface area contributed by atoms with Crippen LogP contribution in [0.15, 0.2) is 48.9 Å². The first-order valence-corrected chi connectivity index (χ1v) is 13.7. The Balaban J connectivity index is 1.40. The van der Waals surface area contributed by atoms with Crippen molar-refractivity contribution in [1.82, 2.24) is 24.8 Å². The fraction of sp³-hybridized carbons (Fsp3) is 0.250. The van der Waals surface area contributed by atoms with Gasteiger partial charge in [-0.2, -0.15) is 0 Å². The lowest BCUT2D eigenvalue weighted by molar-refractivity contribution is 0.0408. The third kappa shape index (κ3) is 6.07. The zero-order valence-corrected chi connectivity index (χ0v) is 21.6. The number of halogens is 2. The summed E-state index contributed by atoms with van der Waals surface area (Å²) in [4.78, 5) is 19.4. The SMILES string of the molecule is Nc1ncc(-c2ccc3ncnc(Nc4ccc(F)c(Cl)c4)c3n2)cc1NS(=O)(=O)CCN1CCOCC1. The first-order chi connectivity index (χ1) is 18.3. The molecule has 1 aromatic carbocycles. The summed E-state index contributed by atoms with van der Waals surface area (Å²) in [5, 5.41) is 3.05. The van der Waals surface area contributed by atoms with Crippen molar-refractivity contribution in [3.63, 3.8) is 0 Å². The van der Waals surface area contributed by atoms with Gasteiger partial charge in [0.05, 0.1) is 40.9 Å². The molecule has 4 N–H and O–H groups in total. The van der Waals surface area contributed by atoms with Crippen molar-refractivity contribution >= 4 is 55.7 Å². The van der Waals surface area contributed by atoms with E-state index < -0.39 is 15.8 Å². The second-order valence-electron chi connectivity index (χ2n) is 8.57. The topological polar surface area (TPSA) is 148 Å². The van der Waals surface area contributed by atoms with Gasteiger partial charge in [0, 0.05) is 37.1 Å². The highest BCUT2D eigenvalue weighted by Crippen LogP contribution is 2.29. The molecule has 1 fully saturated rings. The number of nitrogens with one attached hydrogen (secondary N) is 2. The Labute approximate surface area is 223 Å². The summed E-state index contributed by atoms with van der Waals surface area (Å²) in [6.45, 7) is 2.94. The van der Waals surface area contributed by atoms with Gasteiger partial charge in [-0.3, -0.25) is 9.62 Å². The highest BCUT2D eigenvalue weighted by atomic mass is 35.5. The van der Waals surface area contributed by atoms with Gasteiger partial charge in [0.2, 0.25) is 10.0 Å². The smallest absolute Gasteiger partial charge is 0.234 e. The molecule has 11 nitrogen and oxygen atoms in total. The number of nitrogens with two attached hydrogens (primary N) is 1. The molecule has 1 aliphatic heterocycles. The Morgan fingerprint density at radius 1 is 1.11 bits per heavy atom. The van der Waals surface area contributed by atoms with E-state index in [4.69, 9.17) is 22.1 Å². The molecule has 0 radical (unpaired) electrons. The lowest BCUT2D eigenvalue weighted by Crippen LogP contribution is -2.39. The molecule has 0 atom stereocenters. The van der Waals surface area contributed by atoms with E-state index in [-0.39, 0.29) is 22.3 Å². The number of hydrogen-bond acceptors (Lipinski definition) is 10. The summed E-state index contributed by atoms with van der Waals surface area (Å²) in [5.41, 5.74) is 8.70. The maximum absolute atomic E-state index is 13.6. The maximum atomic E-state index is 13.6. The Bertz CT molecular complexity index is 1580. The van der Waals surface area contributed by atoms with E-state index in [2.05, 4.69) is 30.0 Å². The highest BCUT2D eigenvalue weighted by molar-refractivity contribution is 7.92. The van der Waals surface area contributed by atoms with Gasteiger partial charge in [-0.25, -0.2) is 32.7 Å². The van der Waals surface area contributed by atoms with E-state index in [0.29, 0.717) is 66.6 Å². The lowest BCUT2D eigenvalue weighted by Gasteiger charge is -2.26. The number of fused-ring (bicyclic) bond motifs is 1. The highest BCUT2D eigenvalue weighted by Gasteiger charge is 2.18. The summed E-state index contributed by atoms with van der Waals surface area (Å²) in [6.07, 6.45) is 2.89. The van der Waals surface area contributed by atoms with Crippen molar-refractivity contribution in [3.8, 4) is 11.3 Å². The van der Waals surface area contributed by atoms with Crippen LogP contribution in [0.4, 0.5) is 27.4 Å². The quantitative estimate of drug-likeness (QED) is 0.294. The molecule has 0 aliphatic carbocycles. The van der Waals surface area contributed by atoms with E-state index in [1.54, 1.807) is 18.2 Å². The molecule has 0 saturated carbocycles. The Hall–Kier alpha value is -3.65. The standard InChI is InChI=1S/C24H24ClFN8O3S/c25-17-12-16(1-2-18(17)26)31-24-22-20(29-14-30-24)4-3-19(32-22)15-11-21(23(27)28-13-15)33-38(35,36)10-7-34-5-8-37-9-6-34/h1-4,11-14,33H,5-10H2,(H2,27,28)(H,29,30,31). The average Bonchev–Trinajstić information content (AvgIpc) is 2.91. The number of anilines is 4. The zero-order chi connectivity index (χ0) is 26.7. The molecular weight excluding hydrogens is 535 g/mol. The van der Waals surface area contributed by atoms with E-state index in [1.165, 1.54) is 30.7 Å². The van der Waals surface area contributed by atoms with Crippen LogP contribution in [0.5, 0.6) is 0 Å². The summed E-state index contributed by atoms with van der Waals surface area (Å²) in [5.74, 6) is -0.200. The lowest BCUT2D eigenvalue weighted by atomic mass is 10.1. The molecule has 0 amide bonds. The largest absolute Gasteiger partial charge is 0.382 e. The molecule has 1 saturated heterocycles. The van der Waals surface area contributed by atoms with Crippen LogP contribution in [0.2, 0.25) is 5.02 Å². The van der Waals surface area contributed by atoms with Crippen LogP contribution in [0.3, 0.4) is 0 Å². The van der Waals surface area contributed by atoms with Crippen molar-refractivity contribution in [2.75, 3.05) is 54.4 Å². The van der Waals surface area contributed by atoms with Crippen molar-refractivity contribution in [2.24, 2.45) is 0 Å². The van der Waals surface area contributed by atoms with Crippen molar-refractivity contribution in [2.45, 2.75) is 0 Å². The van der Waals surface area contributed by atoms with Crippen molar-refractivity contribution in [3.05, 3.63) is 59.8 Å². The van der Waals surface area contributed by atoms with Gasteiger partial charge >= 0.3 is 0 Å². The molecule has 0 spiro atoms. The van der Waals surface area contributed by atoms with Gasteiger partial charge in [0.25, 0.3) is 0 Å². The molecule has 14 heteroatoms. The predicted molar refractivity (Wildman–Crippen MR) is 144 cm³/mol. The fourth-order valence-electron chi connectivity index (χ4n) is 3.89. The normalized spacial score (nSPS) is 14.5. The third-order valence-corrected chi connectivity index (χ3v) is 7.46. The van der Waals surface area contributed by atoms with Gasteiger partial charge in [-0.15, -0.1) is 0 Å². The van der Waals surface area contributed by atoms with Crippen LogP contribution >= 0.6 is 11.6 Å². The van der Waals surface area contributed by atoms with Gasteiger partial charge < -0.3 is 15.8 Å². The minimum absolute atomic E-state index is 0.0325. The Morgan fingerprint density at radius 2 is 1.92 bits per heavy atom. The summed E-state index contributed by atoms with van der Waals surface area (Å²) in [6, 6.07) is 9.29. The number of sulfonamides is 1. The Kier molecular flexibility index (Phi) is 7.51. The van der Waals surface area contributed by atoms with Gasteiger partial charge in [-0.1, -0.05) is 11.6 Å². The molecule has 1 aliphatic rings. The number of aromatic nitrogens is 4. The molecule has 0 unspecified atom stereocenters. The number of morpholine rings is 1. The number of ether oxygens (including phenoxy) is 1. The fourth-order valence-corrected chi connectivity index (χ4v) is 5.17. The van der Waals surface area contributed by atoms with Crippen LogP contribution in [0.1, 0.15) is 0 Å². The Morgan fingerprint density at radius 3 is 2.71 bits per heavy atom. The molecule has 0 bridgehead atoms. The number of pyridine rings is 2. The van der Waals surface area contributed by atoms with Crippen LogP contribution < -0.4 is 15.8 Å². The first-order valence-electron chi connectivity index (χ1n) is 11.7. The molecule has 4 aromatic rings. The predicted octanol–water partition coefficient (Wildman–Crippen LogP) is 3.28. The van der Waals surface area contributed by atoms with Gasteiger partial charge in [-0.05, 0) is 36.4 Å². The molecule has 38 heavy (non-hydrogen) atoms.